The van der Waals surface area contributed by atoms with Crippen molar-refractivity contribution in [1.82, 2.24) is 9.97 Å². The first-order chi connectivity index (χ1) is 13.3. The summed E-state index contributed by atoms with van der Waals surface area (Å²) in [5.74, 6) is -0.820. The quantitative estimate of drug-likeness (QED) is 0.525. The molecule has 0 spiro atoms. The Bertz CT molecular complexity index is 1000. The number of carbonyl (C=O) groups is 1. The molecule has 0 radical (unpaired) electrons. The zero-order chi connectivity index (χ0) is 22.0. The summed E-state index contributed by atoms with van der Waals surface area (Å²) in [5, 5.41) is 1.99. The van der Waals surface area contributed by atoms with Gasteiger partial charge in [0.1, 0.15) is 11.4 Å². The van der Waals surface area contributed by atoms with Gasteiger partial charge >= 0.3 is 11.7 Å². The zero-order valence-corrected chi connectivity index (χ0v) is 15.9. The van der Waals surface area contributed by atoms with E-state index in [0.29, 0.717) is 30.3 Å². The van der Waals surface area contributed by atoms with Gasteiger partial charge in [0.15, 0.2) is 10.8 Å². The Labute approximate surface area is 165 Å². The summed E-state index contributed by atoms with van der Waals surface area (Å²) in [6, 6.07) is 1.27. The standard InChI is InChI=1S/C15H11F6N3O3S2/c1-2-28-10-3-7(14(16,17)18)5-22-11(10)13(26)24-9-4-8(6-23-12(9)25)29(27)15(19,20)21/h3-6H,2H2,1H3,(H,23,25)(H,24,26). The third-order valence-electron chi connectivity index (χ3n) is 3.24. The smallest absolute Gasteiger partial charge is 0.326 e. The molecule has 0 saturated heterocycles. The predicted octanol–water partition coefficient (Wildman–Crippen LogP) is 3.78. The Morgan fingerprint density at radius 3 is 2.45 bits per heavy atom. The molecule has 158 valence electrons. The van der Waals surface area contributed by atoms with E-state index in [-0.39, 0.29) is 4.90 Å². The molecule has 2 heterocycles. The fourth-order valence-corrected chi connectivity index (χ4v) is 3.48. The molecule has 1 unspecified atom stereocenters. The van der Waals surface area contributed by atoms with E-state index in [0.717, 1.165) is 11.8 Å². The lowest BCUT2D eigenvalue weighted by atomic mass is 10.2. The molecule has 0 aromatic carbocycles. The van der Waals surface area contributed by atoms with Crippen LogP contribution in [0.3, 0.4) is 0 Å². The third kappa shape index (κ3) is 5.59. The van der Waals surface area contributed by atoms with E-state index in [1.54, 1.807) is 6.92 Å². The highest BCUT2D eigenvalue weighted by Gasteiger charge is 2.38. The highest BCUT2D eigenvalue weighted by atomic mass is 32.2. The molecule has 29 heavy (non-hydrogen) atoms. The maximum absolute atomic E-state index is 12.8. The average molecular weight is 459 g/mol. The summed E-state index contributed by atoms with van der Waals surface area (Å²) >= 11 is 0.880. The van der Waals surface area contributed by atoms with Crippen LogP contribution in [0.15, 0.2) is 39.1 Å². The van der Waals surface area contributed by atoms with Gasteiger partial charge in [-0.2, -0.15) is 26.3 Å². The number of aromatic amines is 1. The molecule has 2 aromatic rings. The van der Waals surface area contributed by atoms with Crippen molar-refractivity contribution in [3.05, 3.63) is 46.1 Å². The monoisotopic (exact) mass is 459 g/mol. The van der Waals surface area contributed by atoms with E-state index in [4.69, 9.17) is 0 Å². The first-order valence-corrected chi connectivity index (χ1v) is 9.70. The van der Waals surface area contributed by atoms with Crippen LogP contribution in [0.25, 0.3) is 0 Å². The van der Waals surface area contributed by atoms with Gasteiger partial charge in [-0.1, -0.05) is 6.92 Å². The molecule has 1 atom stereocenters. The second-order valence-corrected chi connectivity index (χ2v) is 8.03. The fraction of sp³-hybridized carbons (Fsp3) is 0.267. The molecule has 0 aliphatic rings. The molecule has 0 saturated carbocycles. The topological polar surface area (TPSA) is 91.9 Å². The lowest BCUT2D eigenvalue weighted by Gasteiger charge is -2.12. The van der Waals surface area contributed by atoms with Crippen molar-refractivity contribution in [1.29, 1.82) is 0 Å². The van der Waals surface area contributed by atoms with Crippen LogP contribution in [0.4, 0.5) is 32.0 Å². The van der Waals surface area contributed by atoms with Gasteiger partial charge < -0.3 is 10.3 Å². The molecule has 6 nitrogen and oxygen atoms in total. The molecule has 0 aliphatic carbocycles. The van der Waals surface area contributed by atoms with Crippen molar-refractivity contribution in [2.75, 3.05) is 11.1 Å². The fourth-order valence-electron chi connectivity index (χ4n) is 2.01. The first kappa shape index (κ1) is 22.9. The number of rotatable bonds is 5. The Balaban J connectivity index is 2.40. The van der Waals surface area contributed by atoms with Gasteiger partial charge in [0.05, 0.1) is 10.5 Å². The maximum Gasteiger partial charge on any atom is 0.475 e. The Morgan fingerprint density at radius 1 is 1.24 bits per heavy atom. The second-order valence-electron chi connectivity index (χ2n) is 5.25. The number of nitrogens with one attached hydrogen (secondary N) is 2. The molecule has 1 amide bonds. The molecule has 0 aliphatic heterocycles. The predicted molar refractivity (Wildman–Crippen MR) is 93.1 cm³/mol. The maximum atomic E-state index is 12.8. The zero-order valence-electron chi connectivity index (χ0n) is 14.3. The Kier molecular flexibility index (Phi) is 6.78. The molecule has 2 rings (SSSR count). The molecular formula is C15H11F6N3O3S2. The Hall–Kier alpha value is -2.35. The van der Waals surface area contributed by atoms with Gasteiger partial charge in [0, 0.05) is 17.3 Å². The molecular weight excluding hydrogens is 448 g/mol. The van der Waals surface area contributed by atoms with E-state index >= 15 is 0 Å². The SMILES string of the molecule is CCSc1cc(C(F)(F)F)cnc1C(=O)Nc1cc(S(=O)C(F)(F)F)c[nH]c1=O. The van der Waals surface area contributed by atoms with E-state index in [9.17, 15) is 40.1 Å². The molecule has 2 N–H and O–H groups in total. The number of hydrogen-bond donors (Lipinski definition) is 2. The van der Waals surface area contributed by atoms with Crippen molar-refractivity contribution in [2.45, 2.75) is 28.4 Å². The summed E-state index contributed by atoms with van der Waals surface area (Å²) in [7, 11) is -3.47. The van der Waals surface area contributed by atoms with Gasteiger partial charge in [-0.05, 0) is 17.9 Å². The normalized spacial score (nSPS) is 13.2. The van der Waals surface area contributed by atoms with Crippen molar-refractivity contribution in [3.63, 3.8) is 0 Å². The number of H-pyrrole nitrogens is 1. The van der Waals surface area contributed by atoms with Crippen molar-refractivity contribution >= 4 is 34.2 Å². The minimum Gasteiger partial charge on any atom is -0.326 e. The summed E-state index contributed by atoms with van der Waals surface area (Å²) in [6.45, 7) is 1.62. The molecule has 0 bridgehead atoms. The number of carbonyl (C=O) groups excluding carboxylic acids is 1. The summed E-state index contributed by atoms with van der Waals surface area (Å²) < 4.78 is 87.7. The summed E-state index contributed by atoms with van der Waals surface area (Å²) in [5.41, 5.74) is -8.31. The molecule has 2 aromatic heterocycles. The van der Waals surface area contributed by atoms with Crippen LogP contribution in [0.1, 0.15) is 23.0 Å². The van der Waals surface area contributed by atoms with Gasteiger partial charge in [-0.3, -0.25) is 9.59 Å². The number of anilines is 1. The van der Waals surface area contributed by atoms with E-state index < -0.39 is 55.8 Å². The molecule has 0 fully saturated rings. The van der Waals surface area contributed by atoms with Crippen LogP contribution in [0.5, 0.6) is 0 Å². The van der Waals surface area contributed by atoms with Crippen LogP contribution in [-0.2, 0) is 17.0 Å². The first-order valence-electron chi connectivity index (χ1n) is 7.57. The molecule has 14 heteroatoms. The Morgan fingerprint density at radius 2 is 1.90 bits per heavy atom. The average Bonchev–Trinajstić information content (AvgIpc) is 2.61. The van der Waals surface area contributed by atoms with Crippen molar-refractivity contribution < 1.29 is 35.3 Å². The number of aromatic nitrogens is 2. The van der Waals surface area contributed by atoms with E-state index in [1.807, 2.05) is 10.3 Å². The number of hydrogen-bond acceptors (Lipinski definition) is 5. The van der Waals surface area contributed by atoms with Crippen LogP contribution in [0.2, 0.25) is 0 Å². The van der Waals surface area contributed by atoms with Crippen LogP contribution in [-0.4, -0.2) is 31.3 Å². The number of thioether (sulfide) groups is 1. The van der Waals surface area contributed by atoms with Gasteiger partial charge in [-0.25, -0.2) is 9.19 Å². The summed E-state index contributed by atoms with van der Waals surface area (Å²) in [6.07, 6.45) is -3.69. The largest absolute Gasteiger partial charge is 0.475 e. The minimum atomic E-state index is -5.10. The minimum absolute atomic E-state index is 0.133. The van der Waals surface area contributed by atoms with E-state index in [1.165, 1.54) is 0 Å². The number of alkyl halides is 6. The van der Waals surface area contributed by atoms with Crippen molar-refractivity contribution in [2.24, 2.45) is 0 Å². The number of amides is 1. The summed E-state index contributed by atoms with van der Waals surface area (Å²) in [4.78, 5) is 28.6. The second kappa shape index (κ2) is 8.57. The van der Waals surface area contributed by atoms with Crippen LogP contribution < -0.4 is 10.9 Å². The number of nitrogens with zero attached hydrogens (tertiary/aromatic N) is 1. The number of pyridine rings is 2. The lowest BCUT2D eigenvalue weighted by Crippen LogP contribution is -2.23. The highest BCUT2D eigenvalue weighted by molar-refractivity contribution is 7.99. The van der Waals surface area contributed by atoms with Crippen LogP contribution >= 0.6 is 11.8 Å². The van der Waals surface area contributed by atoms with Gasteiger partial charge in [0.2, 0.25) is 0 Å². The lowest BCUT2D eigenvalue weighted by molar-refractivity contribution is -0.138. The van der Waals surface area contributed by atoms with Crippen LogP contribution in [0, 0.1) is 0 Å². The highest BCUT2D eigenvalue weighted by Crippen LogP contribution is 2.33. The number of halogens is 6. The third-order valence-corrected chi connectivity index (χ3v) is 5.24. The van der Waals surface area contributed by atoms with Gasteiger partial charge in [0.25, 0.3) is 11.5 Å². The van der Waals surface area contributed by atoms with Crippen molar-refractivity contribution in [3.8, 4) is 0 Å². The van der Waals surface area contributed by atoms with Gasteiger partial charge in [-0.15, -0.1) is 11.8 Å². The van der Waals surface area contributed by atoms with E-state index in [2.05, 4.69) is 4.98 Å².